The van der Waals surface area contributed by atoms with Crippen molar-refractivity contribution in [3.8, 4) is 5.75 Å². The molecule has 0 aromatic heterocycles. The van der Waals surface area contributed by atoms with E-state index in [4.69, 9.17) is 9.47 Å². The molecule has 5 atom stereocenters. The lowest BCUT2D eigenvalue weighted by atomic mass is 9.82. The quantitative estimate of drug-likeness (QED) is 0.0522. The molecule has 3 aromatic rings. The highest BCUT2D eigenvalue weighted by molar-refractivity contribution is 6.71. The van der Waals surface area contributed by atoms with Crippen LogP contribution in [0.15, 0.2) is 90.0 Å². The van der Waals surface area contributed by atoms with Crippen LogP contribution in [-0.2, 0) is 37.7 Å². The Labute approximate surface area is 374 Å². The average molecular weight is 881 g/mol. The van der Waals surface area contributed by atoms with Crippen molar-refractivity contribution in [2.75, 3.05) is 49.3 Å². The number of aliphatic hydroxyl groups excluding tert-OH is 2. The Bertz CT molecular complexity index is 2150. The number of hydrogen-bond donors (Lipinski definition) is 4. The lowest BCUT2D eigenvalue weighted by Crippen LogP contribution is -2.49. The third-order valence-corrected chi connectivity index (χ3v) is 15.3. The number of carbonyl (C=O) groups excluding carboxylic acids is 3. The first-order valence-corrected chi connectivity index (χ1v) is 25.7. The van der Waals surface area contributed by atoms with Gasteiger partial charge in [-0.1, -0.05) is 60.6 Å². The van der Waals surface area contributed by atoms with Crippen LogP contribution in [0.3, 0.4) is 0 Å². The average Bonchev–Trinajstić information content (AvgIpc) is 3.67. The maximum atomic E-state index is 15.4. The van der Waals surface area contributed by atoms with E-state index >= 15 is 4.79 Å². The van der Waals surface area contributed by atoms with Crippen LogP contribution in [0.25, 0.3) is 0 Å². The van der Waals surface area contributed by atoms with Gasteiger partial charge in [-0.05, 0) is 127 Å². The zero-order chi connectivity index (χ0) is 45.5. The third kappa shape index (κ3) is 10.5. The molecule has 1 unspecified atom stereocenters. The van der Waals surface area contributed by atoms with Crippen molar-refractivity contribution in [3.63, 3.8) is 0 Å². The number of hydrogen-bond acceptors (Lipinski definition) is 9. The number of ether oxygens (including phenoxy) is 2. The summed E-state index contributed by atoms with van der Waals surface area (Å²) in [6.07, 6.45) is 6.92. The molecule has 12 nitrogen and oxygen atoms in total. The van der Waals surface area contributed by atoms with Gasteiger partial charge in [-0.15, -0.1) is 0 Å². The van der Waals surface area contributed by atoms with E-state index in [1.165, 1.54) is 5.57 Å². The van der Waals surface area contributed by atoms with E-state index in [0.717, 1.165) is 35.2 Å². The Kier molecular flexibility index (Phi) is 15.9. The summed E-state index contributed by atoms with van der Waals surface area (Å²) < 4.78 is 13.0. The van der Waals surface area contributed by atoms with Gasteiger partial charge in [0.15, 0.2) is 13.9 Å². The molecule has 4 N–H and O–H groups in total. The van der Waals surface area contributed by atoms with Crippen LogP contribution < -0.4 is 19.9 Å². The fourth-order valence-corrected chi connectivity index (χ4v) is 12.3. The van der Waals surface area contributed by atoms with Crippen molar-refractivity contribution in [1.29, 1.82) is 0 Å². The third-order valence-electron chi connectivity index (χ3n) is 12.8. The van der Waals surface area contributed by atoms with Gasteiger partial charge in [-0.25, -0.2) is 0 Å². The van der Waals surface area contributed by atoms with Gasteiger partial charge in [0.2, 0.25) is 11.8 Å². The lowest BCUT2D eigenvalue weighted by molar-refractivity contribution is -0.149. The van der Waals surface area contributed by atoms with E-state index in [-0.39, 0.29) is 43.9 Å². The minimum absolute atomic E-state index is 0.0752. The lowest BCUT2D eigenvalue weighted by Gasteiger charge is -2.36. The number of aliphatic hydroxyl groups is 2. The Morgan fingerprint density at radius 1 is 1.00 bits per heavy atom. The van der Waals surface area contributed by atoms with Crippen LogP contribution in [0.2, 0.25) is 18.6 Å². The van der Waals surface area contributed by atoms with E-state index in [0.29, 0.717) is 68.2 Å². The first-order chi connectivity index (χ1) is 30.1. The predicted molar refractivity (Wildman–Crippen MR) is 251 cm³/mol. The number of benzene rings is 3. The smallest absolute Gasteiger partial charge is 0.264 e. The largest absolute Gasteiger partial charge is 0.494 e. The number of nitrogens with zero attached hydrogens (tertiary/aromatic N) is 3. The molecule has 0 saturated carbocycles. The fourth-order valence-electron chi connectivity index (χ4n) is 9.76. The molecule has 13 heteroatoms. The maximum Gasteiger partial charge on any atom is 0.264 e. The van der Waals surface area contributed by atoms with Crippen molar-refractivity contribution in [2.24, 2.45) is 5.92 Å². The number of allylic oxidation sites excluding steroid dienone is 3. The number of anilines is 3. The number of unbranched alkanes of at least 4 members (excludes halogenated alkanes) is 1. The summed E-state index contributed by atoms with van der Waals surface area (Å²) in [4.78, 5) is 61.5. The van der Waals surface area contributed by atoms with Crippen molar-refractivity contribution < 1.29 is 38.9 Å². The fraction of sp³-hybridized carbons (Fsp3) is 0.500. The van der Waals surface area contributed by atoms with Crippen LogP contribution in [0.5, 0.6) is 5.75 Å². The van der Waals surface area contributed by atoms with E-state index in [9.17, 15) is 24.6 Å². The molecule has 1 spiro atoms. The minimum Gasteiger partial charge on any atom is -0.494 e. The molecule has 3 aliphatic heterocycles. The Morgan fingerprint density at radius 2 is 1.75 bits per heavy atom. The van der Waals surface area contributed by atoms with Gasteiger partial charge in [0, 0.05) is 49.0 Å². The summed E-state index contributed by atoms with van der Waals surface area (Å²) in [7, 11) is -3.15. The topological polar surface area (TPSA) is 152 Å². The number of carbonyl (C=O) groups is 3. The zero-order valence-electron chi connectivity index (χ0n) is 38.2. The number of nitrogens with one attached hydrogen (secondary N) is 1. The van der Waals surface area contributed by atoms with Gasteiger partial charge in [0.25, 0.3) is 5.91 Å². The molecule has 0 aliphatic carbocycles. The second-order valence-corrected chi connectivity index (χ2v) is 22.1. The number of rotatable bonds is 20. The van der Waals surface area contributed by atoms with Crippen LogP contribution in [0.4, 0.5) is 17.1 Å². The van der Waals surface area contributed by atoms with E-state index in [2.05, 4.69) is 38.2 Å². The Morgan fingerprint density at radius 3 is 2.43 bits per heavy atom. The molecule has 3 heterocycles. The molecular weight excluding hydrogens is 813 g/mol. The molecular formula is C50H68N4O8Si. The van der Waals surface area contributed by atoms with Crippen LogP contribution in [-0.4, -0.2) is 97.5 Å². The first-order valence-electron chi connectivity index (χ1n) is 22.7. The minimum atomic E-state index is -3.15. The van der Waals surface area contributed by atoms with Gasteiger partial charge < -0.3 is 39.6 Å². The van der Waals surface area contributed by atoms with Gasteiger partial charge in [0.05, 0.1) is 43.2 Å². The highest BCUT2D eigenvalue weighted by Gasteiger charge is 2.66. The van der Waals surface area contributed by atoms with E-state index < -0.39 is 37.5 Å². The Balaban J connectivity index is 1.44. The predicted octanol–water partition coefficient (Wildman–Crippen LogP) is 7.29. The Hall–Kier alpha value is -4.63. The van der Waals surface area contributed by atoms with Gasteiger partial charge >= 0.3 is 0 Å². The highest BCUT2D eigenvalue weighted by Crippen LogP contribution is 2.60. The second kappa shape index (κ2) is 20.9. The van der Waals surface area contributed by atoms with Crippen LogP contribution in [0.1, 0.15) is 83.4 Å². The number of amides is 3. The van der Waals surface area contributed by atoms with Crippen LogP contribution >= 0.6 is 0 Å². The standard InChI is InChI=1S/C50H68N4O8Si/c1-8-61-40-20-22-43-38(29-40)30-42(51-24-12-13-27-55)48(58)54(43)39-19-21-44-41(31-39)50(49(59)53(44)25-23-35(4)16-14-15-34(2)3)36(5)47(63(6,7)60)45(62-50)32-46(57)52(26-28-56)33-37-17-10-9-11-18-37/h9-11,15,17-23,29,31,36,42,45,47,51,55-56,60H,8,12-14,16,24-28,30,32-33H2,1-7H3/b35-23+/t36-,42?,45+,47-,50+/m0/s1. The molecule has 1 saturated heterocycles. The molecule has 0 bridgehead atoms. The molecule has 3 aliphatic rings. The van der Waals surface area contributed by atoms with E-state index in [1.54, 1.807) is 14.7 Å². The molecule has 1 fully saturated rings. The summed E-state index contributed by atoms with van der Waals surface area (Å²) in [5.74, 6) is -0.485. The summed E-state index contributed by atoms with van der Waals surface area (Å²) >= 11 is 0. The second-order valence-electron chi connectivity index (χ2n) is 18.1. The van der Waals surface area contributed by atoms with Gasteiger partial charge in [0.1, 0.15) is 5.75 Å². The molecule has 0 radical (unpaired) electrons. The summed E-state index contributed by atoms with van der Waals surface area (Å²) in [5, 5.41) is 22.9. The van der Waals surface area contributed by atoms with Crippen molar-refractivity contribution in [2.45, 2.75) is 116 Å². The van der Waals surface area contributed by atoms with Gasteiger partial charge in [-0.3, -0.25) is 19.3 Å². The van der Waals surface area contributed by atoms with Crippen LogP contribution in [0, 0.1) is 5.92 Å². The molecule has 340 valence electrons. The molecule has 63 heavy (non-hydrogen) atoms. The van der Waals surface area contributed by atoms with Crippen molar-refractivity contribution in [3.05, 3.63) is 107 Å². The monoisotopic (exact) mass is 880 g/mol. The summed E-state index contributed by atoms with van der Waals surface area (Å²) in [6, 6.07) is 20.5. The number of fused-ring (bicyclic) bond motifs is 3. The molecule has 3 aromatic carbocycles. The highest BCUT2D eigenvalue weighted by atomic mass is 28.4. The summed E-state index contributed by atoms with van der Waals surface area (Å²) in [5.41, 5.74) is 4.71. The first kappa shape index (κ1) is 47.8. The van der Waals surface area contributed by atoms with Gasteiger partial charge in [-0.2, -0.15) is 0 Å². The molecule has 3 amide bonds. The SMILES string of the molecule is CCOc1ccc2c(c1)CC(NCCCCO)C(=O)N2c1ccc2c(c1)[C@@]1(O[C@H](CC(=O)N(CCO)Cc3ccccc3)[C@@H]([Si](C)(C)O)[C@@H]1C)C(=O)N2C/C=C(\C)CCC=C(C)C. The summed E-state index contributed by atoms with van der Waals surface area (Å²) in [6.45, 7) is 15.4. The molecule has 6 rings (SSSR count). The maximum absolute atomic E-state index is 15.4. The van der Waals surface area contributed by atoms with Crippen molar-refractivity contribution in [1.82, 2.24) is 10.2 Å². The van der Waals surface area contributed by atoms with E-state index in [1.807, 2.05) is 93.7 Å². The van der Waals surface area contributed by atoms with Crippen molar-refractivity contribution >= 4 is 43.1 Å². The normalized spacial score (nSPS) is 22.1. The zero-order valence-corrected chi connectivity index (χ0v) is 39.2.